The summed E-state index contributed by atoms with van der Waals surface area (Å²) < 4.78 is 0. The number of anilines is 2. The molecule has 1 fully saturated rings. The van der Waals surface area contributed by atoms with Gasteiger partial charge in [0.25, 0.3) is 0 Å². The maximum atomic E-state index is 9.42. The summed E-state index contributed by atoms with van der Waals surface area (Å²) in [6.45, 7) is 3.68. The second kappa shape index (κ2) is 3.50. The molecule has 76 valence electrons. The standard InChI is InChI=1S/C11H16N2O/c1-8-6-9(2-3-11(8)12)13-5-4-10(14)7-13/h2-3,6,10,14H,4-5,7,12H2,1H3. The molecule has 0 saturated carbocycles. The van der Waals surface area contributed by atoms with Gasteiger partial charge in [0.2, 0.25) is 0 Å². The lowest BCUT2D eigenvalue weighted by molar-refractivity contribution is 0.198. The molecule has 1 unspecified atom stereocenters. The second-order valence-corrected chi connectivity index (χ2v) is 3.93. The summed E-state index contributed by atoms with van der Waals surface area (Å²) in [6.07, 6.45) is 0.691. The van der Waals surface area contributed by atoms with Crippen molar-refractivity contribution in [1.82, 2.24) is 0 Å². The van der Waals surface area contributed by atoms with Crippen LogP contribution in [0.3, 0.4) is 0 Å². The summed E-state index contributed by atoms with van der Waals surface area (Å²) in [5, 5.41) is 9.42. The third-order valence-corrected chi connectivity index (χ3v) is 2.78. The molecule has 1 atom stereocenters. The van der Waals surface area contributed by atoms with Crippen LogP contribution in [0.4, 0.5) is 11.4 Å². The minimum Gasteiger partial charge on any atom is -0.399 e. The highest BCUT2D eigenvalue weighted by Crippen LogP contribution is 2.23. The molecular weight excluding hydrogens is 176 g/mol. The molecule has 2 rings (SSSR count). The van der Waals surface area contributed by atoms with Gasteiger partial charge in [-0.1, -0.05) is 0 Å². The number of aliphatic hydroxyl groups excluding tert-OH is 1. The molecule has 1 heterocycles. The van der Waals surface area contributed by atoms with Gasteiger partial charge in [0, 0.05) is 24.5 Å². The summed E-state index contributed by atoms with van der Waals surface area (Å²) in [4.78, 5) is 2.19. The molecule has 0 bridgehead atoms. The van der Waals surface area contributed by atoms with Crippen LogP contribution in [0.2, 0.25) is 0 Å². The molecule has 1 aliphatic rings. The van der Waals surface area contributed by atoms with Gasteiger partial charge in [-0.2, -0.15) is 0 Å². The van der Waals surface area contributed by atoms with Crippen LogP contribution in [0.1, 0.15) is 12.0 Å². The van der Waals surface area contributed by atoms with E-state index in [1.165, 1.54) is 0 Å². The molecule has 1 aromatic carbocycles. The molecule has 3 heteroatoms. The Bertz CT molecular complexity index is 338. The van der Waals surface area contributed by atoms with Gasteiger partial charge in [-0.3, -0.25) is 0 Å². The molecule has 3 N–H and O–H groups in total. The molecule has 0 spiro atoms. The average Bonchev–Trinajstić information content (AvgIpc) is 2.57. The smallest absolute Gasteiger partial charge is 0.0731 e. The van der Waals surface area contributed by atoms with Crippen LogP contribution in [-0.4, -0.2) is 24.3 Å². The zero-order chi connectivity index (χ0) is 10.1. The highest BCUT2D eigenvalue weighted by molar-refractivity contribution is 5.58. The summed E-state index contributed by atoms with van der Waals surface area (Å²) >= 11 is 0. The Kier molecular flexibility index (Phi) is 2.33. The highest BCUT2D eigenvalue weighted by Gasteiger charge is 2.20. The van der Waals surface area contributed by atoms with Crippen molar-refractivity contribution < 1.29 is 5.11 Å². The zero-order valence-corrected chi connectivity index (χ0v) is 8.40. The van der Waals surface area contributed by atoms with Crippen molar-refractivity contribution in [2.24, 2.45) is 0 Å². The minimum atomic E-state index is -0.173. The molecule has 0 aliphatic carbocycles. The van der Waals surface area contributed by atoms with Crippen LogP contribution in [0.15, 0.2) is 18.2 Å². The molecule has 3 nitrogen and oxygen atoms in total. The number of benzene rings is 1. The first-order valence-electron chi connectivity index (χ1n) is 4.96. The van der Waals surface area contributed by atoms with Gasteiger partial charge in [0.05, 0.1) is 6.10 Å². The summed E-state index contributed by atoms with van der Waals surface area (Å²) in [6, 6.07) is 6.02. The van der Waals surface area contributed by atoms with Gasteiger partial charge in [-0.05, 0) is 37.1 Å². The zero-order valence-electron chi connectivity index (χ0n) is 8.40. The van der Waals surface area contributed by atoms with E-state index in [-0.39, 0.29) is 6.10 Å². The third kappa shape index (κ3) is 1.68. The molecule has 1 aliphatic heterocycles. The number of aliphatic hydroxyl groups is 1. The fourth-order valence-corrected chi connectivity index (χ4v) is 1.83. The van der Waals surface area contributed by atoms with E-state index in [9.17, 15) is 5.11 Å². The Morgan fingerprint density at radius 2 is 2.29 bits per heavy atom. The van der Waals surface area contributed by atoms with E-state index in [1.54, 1.807) is 0 Å². The Hall–Kier alpha value is -1.22. The van der Waals surface area contributed by atoms with Gasteiger partial charge < -0.3 is 15.7 Å². The monoisotopic (exact) mass is 192 g/mol. The Balaban J connectivity index is 2.20. The summed E-state index contributed by atoms with van der Waals surface area (Å²) in [5.41, 5.74) is 8.84. The predicted molar refractivity (Wildman–Crippen MR) is 58.4 cm³/mol. The van der Waals surface area contributed by atoms with Crippen LogP contribution < -0.4 is 10.6 Å². The number of β-amino-alcohol motifs (C(OH)–C–C–N with tert-alkyl or cyclic N) is 1. The van der Waals surface area contributed by atoms with Gasteiger partial charge >= 0.3 is 0 Å². The van der Waals surface area contributed by atoms with Crippen LogP contribution in [0.25, 0.3) is 0 Å². The normalized spacial score (nSPS) is 21.6. The molecule has 0 amide bonds. The number of rotatable bonds is 1. The van der Waals surface area contributed by atoms with Gasteiger partial charge in [-0.25, -0.2) is 0 Å². The van der Waals surface area contributed by atoms with Gasteiger partial charge in [0.15, 0.2) is 0 Å². The van der Waals surface area contributed by atoms with E-state index in [0.717, 1.165) is 36.4 Å². The van der Waals surface area contributed by atoms with Crippen LogP contribution >= 0.6 is 0 Å². The lowest BCUT2D eigenvalue weighted by atomic mass is 10.2. The SMILES string of the molecule is Cc1cc(N2CCC(O)C2)ccc1N. The molecule has 1 aromatic rings. The van der Waals surface area contributed by atoms with E-state index >= 15 is 0 Å². The fraction of sp³-hybridized carbons (Fsp3) is 0.455. The number of hydrogen-bond acceptors (Lipinski definition) is 3. The number of hydrogen-bond donors (Lipinski definition) is 2. The quantitative estimate of drug-likeness (QED) is 0.656. The van der Waals surface area contributed by atoms with E-state index in [2.05, 4.69) is 11.0 Å². The van der Waals surface area contributed by atoms with E-state index in [0.29, 0.717) is 0 Å². The summed E-state index contributed by atoms with van der Waals surface area (Å²) in [5.74, 6) is 0. The first-order chi connectivity index (χ1) is 6.66. The second-order valence-electron chi connectivity index (χ2n) is 3.93. The Labute approximate surface area is 84.1 Å². The van der Waals surface area contributed by atoms with Gasteiger partial charge in [0.1, 0.15) is 0 Å². The van der Waals surface area contributed by atoms with Crippen molar-refractivity contribution in [3.05, 3.63) is 23.8 Å². The molecule has 0 aromatic heterocycles. The van der Waals surface area contributed by atoms with Crippen LogP contribution in [0.5, 0.6) is 0 Å². The largest absolute Gasteiger partial charge is 0.399 e. The van der Waals surface area contributed by atoms with Crippen molar-refractivity contribution in [2.75, 3.05) is 23.7 Å². The fourth-order valence-electron chi connectivity index (χ4n) is 1.83. The lowest BCUT2D eigenvalue weighted by Gasteiger charge is -2.18. The highest BCUT2D eigenvalue weighted by atomic mass is 16.3. The van der Waals surface area contributed by atoms with Crippen molar-refractivity contribution in [2.45, 2.75) is 19.4 Å². The van der Waals surface area contributed by atoms with E-state index < -0.39 is 0 Å². The number of aryl methyl sites for hydroxylation is 1. The van der Waals surface area contributed by atoms with E-state index in [1.807, 2.05) is 19.1 Å². The van der Waals surface area contributed by atoms with Crippen LogP contribution in [0, 0.1) is 6.92 Å². The minimum absolute atomic E-state index is 0.173. The Morgan fingerprint density at radius 3 is 2.86 bits per heavy atom. The first-order valence-corrected chi connectivity index (χ1v) is 4.96. The van der Waals surface area contributed by atoms with Crippen molar-refractivity contribution >= 4 is 11.4 Å². The predicted octanol–water partition coefficient (Wildman–Crippen LogP) is 1.15. The molecule has 0 radical (unpaired) electrons. The van der Waals surface area contributed by atoms with E-state index in [4.69, 9.17) is 5.73 Å². The molecular formula is C11H16N2O. The van der Waals surface area contributed by atoms with Crippen molar-refractivity contribution in [1.29, 1.82) is 0 Å². The maximum absolute atomic E-state index is 9.42. The third-order valence-electron chi connectivity index (χ3n) is 2.78. The average molecular weight is 192 g/mol. The number of nitrogen functional groups attached to an aromatic ring is 1. The molecule has 1 saturated heterocycles. The van der Waals surface area contributed by atoms with Gasteiger partial charge in [-0.15, -0.1) is 0 Å². The lowest BCUT2D eigenvalue weighted by Crippen LogP contribution is -2.21. The Morgan fingerprint density at radius 1 is 1.50 bits per heavy atom. The van der Waals surface area contributed by atoms with Crippen molar-refractivity contribution in [3.63, 3.8) is 0 Å². The number of nitrogens with zero attached hydrogens (tertiary/aromatic N) is 1. The molecule has 14 heavy (non-hydrogen) atoms. The first kappa shape index (κ1) is 9.34. The van der Waals surface area contributed by atoms with Crippen LogP contribution in [-0.2, 0) is 0 Å². The maximum Gasteiger partial charge on any atom is 0.0731 e. The van der Waals surface area contributed by atoms with Crippen molar-refractivity contribution in [3.8, 4) is 0 Å². The summed E-state index contributed by atoms with van der Waals surface area (Å²) in [7, 11) is 0. The topological polar surface area (TPSA) is 49.5 Å². The number of nitrogens with two attached hydrogens (primary N) is 1.